The molecule has 5 unspecified atom stereocenters. The Kier molecular flexibility index (Phi) is 5.54. The third-order valence-corrected chi connectivity index (χ3v) is 8.26. The molecule has 0 aliphatic heterocycles. The molecule has 27 heavy (non-hydrogen) atoms. The minimum Gasteiger partial charge on any atom is -0.459 e. The molecule has 2 nitrogen and oxygen atoms in total. The fraction of sp³-hybridized carbons (Fsp3) is 0.960. The largest absolute Gasteiger partial charge is 0.459 e. The van der Waals surface area contributed by atoms with Gasteiger partial charge in [-0.25, -0.2) is 0 Å². The average molecular weight is 377 g/mol. The molecule has 0 saturated heterocycles. The number of hydrogen-bond donors (Lipinski definition) is 0. The summed E-state index contributed by atoms with van der Waals surface area (Å²) in [5.74, 6) is 3.31. The standard InChI is InChI=1S/C25H44O2/c1-23(2,3)20-16-14-18(21(20)24(4,5)6)19(15-16)22(26)27-25(7,8)17-12-10-9-11-13-17/h16-21H,9-15H2,1-8H3. The highest BCUT2D eigenvalue weighted by Crippen LogP contribution is 2.64. The Labute approximate surface area is 168 Å². The van der Waals surface area contributed by atoms with Gasteiger partial charge in [-0.1, -0.05) is 60.8 Å². The highest BCUT2D eigenvalue weighted by molar-refractivity contribution is 5.74. The molecular formula is C25H44O2. The molecule has 0 aromatic rings. The molecule has 0 radical (unpaired) electrons. The van der Waals surface area contributed by atoms with Crippen LogP contribution < -0.4 is 0 Å². The van der Waals surface area contributed by atoms with Crippen molar-refractivity contribution in [2.24, 2.45) is 46.3 Å². The second-order valence-electron chi connectivity index (χ2n) is 12.6. The Morgan fingerprint density at radius 3 is 1.85 bits per heavy atom. The van der Waals surface area contributed by atoms with Gasteiger partial charge in [0.15, 0.2) is 0 Å². The molecule has 2 bridgehead atoms. The first-order chi connectivity index (χ1) is 12.3. The minimum atomic E-state index is -0.306. The van der Waals surface area contributed by atoms with Crippen LogP contribution in [0.4, 0.5) is 0 Å². The van der Waals surface area contributed by atoms with Gasteiger partial charge >= 0.3 is 5.97 Å². The third-order valence-electron chi connectivity index (χ3n) is 8.26. The van der Waals surface area contributed by atoms with E-state index < -0.39 is 0 Å². The van der Waals surface area contributed by atoms with Crippen LogP contribution in [0.25, 0.3) is 0 Å². The Morgan fingerprint density at radius 2 is 1.33 bits per heavy atom. The number of carbonyl (C=O) groups excluding carboxylic acids is 1. The lowest BCUT2D eigenvalue weighted by molar-refractivity contribution is -0.173. The lowest BCUT2D eigenvalue weighted by Gasteiger charge is -2.48. The van der Waals surface area contributed by atoms with Gasteiger partial charge in [-0.2, -0.15) is 0 Å². The zero-order chi connectivity index (χ0) is 20.2. The zero-order valence-electron chi connectivity index (χ0n) is 19.2. The molecule has 0 amide bonds. The van der Waals surface area contributed by atoms with E-state index in [-0.39, 0.29) is 22.9 Å². The molecule has 0 spiro atoms. The smallest absolute Gasteiger partial charge is 0.309 e. The summed E-state index contributed by atoms with van der Waals surface area (Å²) in [6.07, 6.45) is 8.64. The summed E-state index contributed by atoms with van der Waals surface area (Å²) in [6, 6.07) is 0. The van der Waals surface area contributed by atoms with E-state index in [0.717, 1.165) is 12.3 Å². The lowest BCUT2D eigenvalue weighted by Crippen LogP contribution is -2.46. The molecule has 3 aliphatic carbocycles. The molecule has 2 heteroatoms. The average Bonchev–Trinajstić information content (AvgIpc) is 3.12. The summed E-state index contributed by atoms with van der Waals surface area (Å²) >= 11 is 0. The lowest BCUT2D eigenvalue weighted by atomic mass is 9.57. The van der Waals surface area contributed by atoms with Crippen molar-refractivity contribution in [1.29, 1.82) is 0 Å². The molecule has 0 aromatic carbocycles. The second-order valence-corrected chi connectivity index (χ2v) is 12.6. The van der Waals surface area contributed by atoms with Crippen LogP contribution >= 0.6 is 0 Å². The summed E-state index contributed by atoms with van der Waals surface area (Å²) < 4.78 is 6.26. The van der Waals surface area contributed by atoms with E-state index in [9.17, 15) is 4.79 Å². The van der Waals surface area contributed by atoms with E-state index in [1.807, 2.05) is 0 Å². The monoisotopic (exact) mass is 376 g/mol. The van der Waals surface area contributed by atoms with E-state index in [1.165, 1.54) is 38.5 Å². The summed E-state index contributed by atoms with van der Waals surface area (Å²) in [6.45, 7) is 18.7. The van der Waals surface area contributed by atoms with Crippen LogP contribution in [0.15, 0.2) is 0 Å². The van der Waals surface area contributed by atoms with Crippen LogP contribution in [-0.2, 0) is 9.53 Å². The van der Waals surface area contributed by atoms with Crippen LogP contribution in [0.3, 0.4) is 0 Å². The number of ether oxygens (including phenoxy) is 1. The number of fused-ring (bicyclic) bond motifs is 2. The quantitative estimate of drug-likeness (QED) is 0.502. The first-order valence-corrected chi connectivity index (χ1v) is 11.5. The highest BCUT2D eigenvalue weighted by Gasteiger charge is 2.60. The zero-order valence-corrected chi connectivity index (χ0v) is 19.2. The summed E-state index contributed by atoms with van der Waals surface area (Å²) in [4.78, 5) is 13.3. The Bertz CT molecular complexity index is 542. The van der Waals surface area contributed by atoms with Crippen molar-refractivity contribution < 1.29 is 9.53 Å². The van der Waals surface area contributed by atoms with E-state index in [0.29, 0.717) is 29.1 Å². The SMILES string of the molecule is CC(C)(C)C1C2CC(C(=O)OC(C)(C)C3CCCCC3)C(C2)C1C(C)(C)C. The van der Waals surface area contributed by atoms with Gasteiger partial charge in [0.2, 0.25) is 0 Å². The van der Waals surface area contributed by atoms with Crippen molar-refractivity contribution in [1.82, 2.24) is 0 Å². The maximum absolute atomic E-state index is 13.3. The van der Waals surface area contributed by atoms with Crippen molar-refractivity contribution in [3.8, 4) is 0 Å². The van der Waals surface area contributed by atoms with Gasteiger partial charge in [0, 0.05) is 0 Å². The third kappa shape index (κ3) is 4.10. The maximum atomic E-state index is 13.3. The molecule has 3 rings (SSSR count). The Morgan fingerprint density at radius 1 is 0.778 bits per heavy atom. The number of esters is 1. The fourth-order valence-electron chi connectivity index (χ4n) is 7.27. The van der Waals surface area contributed by atoms with Crippen molar-refractivity contribution in [3.05, 3.63) is 0 Å². The van der Waals surface area contributed by atoms with Gasteiger partial charge in [0.05, 0.1) is 5.92 Å². The predicted molar refractivity (Wildman–Crippen MR) is 112 cm³/mol. The summed E-state index contributed by atoms with van der Waals surface area (Å²) in [5.41, 5.74) is 0.253. The molecule has 0 N–H and O–H groups in total. The van der Waals surface area contributed by atoms with Gasteiger partial charge in [0.25, 0.3) is 0 Å². The van der Waals surface area contributed by atoms with Crippen molar-refractivity contribution in [2.45, 2.75) is 106 Å². The first-order valence-electron chi connectivity index (χ1n) is 11.5. The van der Waals surface area contributed by atoms with Crippen molar-refractivity contribution >= 4 is 5.97 Å². The van der Waals surface area contributed by atoms with Crippen LogP contribution in [0.1, 0.15) is 100 Å². The highest BCUT2D eigenvalue weighted by atomic mass is 16.6. The van der Waals surface area contributed by atoms with E-state index >= 15 is 0 Å². The molecule has 0 heterocycles. The summed E-state index contributed by atoms with van der Waals surface area (Å²) in [5, 5.41) is 0. The van der Waals surface area contributed by atoms with Gasteiger partial charge in [-0.15, -0.1) is 0 Å². The predicted octanol–water partition coefficient (Wildman–Crippen LogP) is 6.87. The van der Waals surface area contributed by atoms with Crippen molar-refractivity contribution in [2.75, 3.05) is 0 Å². The fourth-order valence-corrected chi connectivity index (χ4v) is 7.27. The molecular weight excluding hydrogens is 332 g/mol. The maximum Gasteiger partial charge on any atom is 0.309 e. The van der Waals surface area contributed by atoms with Crippen LogP contribution in [0.2, 0.25) is 0 Å². The van der Waals surface area contributed by atoms with Gasteiger partial charge in [-0.05, 0) is 80.0 Å². The van der Waals surface area contributed by atoms with Crippen LogP contribution in [-0.4, -0.2) is 11.6 Å². The Hall–Kier alpha value is -0.530. The topological polar surface area (TPSA) is 26.3 Å². The van der Waals surface area contributed by atoms with Gasteiger partial charge in [0.1, 0.15) is 5.60 Å². The molecule has 3 aliphatic rings. The summed E-state index contributed by atoms with van der Waals surface area (Å²) in [7, 11) is 0. The molecule has 3 fully saturated rings. The molecule has 3 saturated carbocycles. The second kappa shape index (κ2) is 7.06. The van der Waals surface area contributed by atoms with E-state index in [1.54, 1.807) is 0 Å². The van der Waals surface area contributed by atoms with Crippen molar-refractivity contribution in [3.63, 3.8) is 0 Å². The normalized spacial score (nSPS) is 35.5. The Balaban J connectivity index is 1.74. The number of carbonyl (C=O) groups is 1. The first kappa shape index (κ1) is 21.2. The molecule has 156 valence electrons. The van der Waals surface area contributed by atoms with E-state index in [2.05, 4.69) is 55.4 Å². The number of rotatable bonds is 3. The number of hydrogen-bond acceptors (Lipinski definition) is 2. The van der Waals surface area contributed by atoms with Crippen LogP contribution in [0.5, 0.6) is 0 Å². The van der Waals surface area contributed by atoms with E-state index in [4.69, 9.17) is 4.74 Å². The molecule has 0 aromatic heterocycles. The van der Waals surface area contributed by atoms with Crippen LogP contribution in [0, 0.1) is 46.3 Å². The van der Waals surface area contributed by atoms with Gasteiger partial charge in [-0.3, -0.25) is 4.79 Å². The molecule has 5 atom stereocenters. The minimum absolute atomic E-state index is 0.111. The van der Waals surface area contributed by atoms with Gasteiger partial charge < -0.3 is 4.74 Å².